The largest absolute Gasteiger partial charge is 0.339 e. The van der Waals surface area contributed by atoms with Crippen molar-refractivity contribution in [1.29, 1.82) is 0 Å². The average Bonchev–Trinajstić information content (AvgIpc) is 3.05. The molecule has 23 heavy (non-hydrogen) atoms. The lowest BCUT2D eigenvalue weighted by molar-refractivity contribution is -0.133. The van der Waals surface area contributed by atoms with E-state index in [9.17, 15) is 4.79 Å². The van der Waals surface area contributed by atoms with E-state index in [-0.39, 0.29) is 0 Å². The molecule has 0 saturated carbocycles. The number of rotatable bonds is 5. The molecule has 1 aromatic carbocycles. The van der Waals surface area contributed by atoms with Crippen LogP contribution in [0.5, 0.6) is 0 Å². The molecule has 2 heterocycles. The molecule has 0 bridgehead atoms. The molecule has 3 rings (SSSR count). The molecule has 3 heteroatoms. The van der Waals surface area contributed by atoms with Crippen LogP contribution < -0.4 is 5.32 Å². The summed E-state index contributed by atoms with van der Waals surface area (Å²) in [6, 6.07) is 11.0. The normalized spacial score (nSPS) is 26.2. The number of carbonyl (C=O) groups is 1. The van der Waals surface area contributed by atoms with E-state index in [4.69, 9.17) is 0 Å². The van der Waals surface area contributed by atoms with E-state index in [0.29, 0.717) is 23.8 Å². The molecule has 0 spiro atoms. The molecule has 1 aromatic rings. The van der Waals surface area contributed by atoms with Crippen LogP contribution in [0.2, 0.25) is 0 Å². The van der Waals surface area contributed by atoms with Crippen molar-refractivity contribution in [3.8, 4) is 0 Å². The van der Waals surface area contributed by atoms with Crippen LogP contribution in [0, 0.1) is 11.8 Å². The number of hydrogen-bond donors (Lipinski definition) is 1. The molecule has 1 N–H and O–H groups in total. The first kappa shape index (κ1) is 16.5. The summed E-state index contributed by atoms with van der Waals surface area (Å²) in [7, 11) is 0. The maximum Gasteiger partial charge on any atom is 0.223 e. The highest BCUT2D eigenvalue weighted by Crippen LogP contribution is 2.27. The molecule has 2 aliphatic heterocycles. The van der Waals surface area contributed by atoms with Gasteiger partial charge in [-0.25, -0.2) is 0 Å². The van der Waals surface area contributed by atoms with Crippen molar-refractivity contribution >= 4 is 5.91 Å². The minimum Gasteiger partial charge on any atom is -0.339 e. The van der Waals surface area contributed by atoms with E-state index >= 15 is 0 Å². The van der Waals surface area contributed by atoms with Crippen LogP contribution in [0.15, 0.2) is 30.3 Å². The minimum absolute atomic E-state index is 0.376. The number of likely N-dealkylation sites (tertiary alicyclic amines) is 1. The molecule has 3 unspecified atom stereocenters. The van der Waals surface area contributed by atoms with Crippen LogP contribution in [0.25, 0.3) is 0 Å². The van der Waals surface area contributed by atoms with Crippen LogP contribution >= 0.6 is 0 Å². The van der Waals surface area contributed by atoms with Gasteiger partial charge >= 0.3 is 0 Å². The van der Waals surface area contributed by atoms with Gasteiger partial charge in [-0.2, -0.15) is 0 Å². The summed E-state index contributed by atoms with van der Waals surface area (Å²) in [5, 5.41) is 3.48. The lowest BCUT2D eigenvalue weighted by Crippen LogP contribution is -2.40. The lowest BCUT2D eigenvalue weighted by atomic mass is 9.85. The number of carbonyl (C=O) groups excluding carboxylic acids is 1. The van der Waals surface area contributed by atoms with Crippen molar-refractivity contribution < 1.29 is 4.79 Å². The van der Waals surface area contributed by atoms with Crippen molar-refractivity contribution in [3.05, 3.63) is 35.9 Å². The van der Waals surface area contributed by atoms with Crippen LogP contribution in [0.4, 0.5) is 0 Å². The first-order valence-corrected chi connectivity index (χ1v) is 9.28. The fourth-order valence-electron chi connectivity index (χ4n) is 4.19. The summed E-state index contributed by atoms with van der Waals surface area (Å²) < 4.78 is 0. The fourth-order valence-corrected chi connectivity index (χ4v) is 4.19. The van der Waals surface area contributed by atoms with E-state index < -0.39 is 0 Å². The quantitative estimate of drug-likeness (QED) is 0.905. The summed E-state index contributed by atoms with van der Waals surface area (Å²) in [6.45, 7) is 5.44. The number of hydrogen-bond acceptors (Lipinski definition) is 2. The molecule has 3 nitrogen and oxygen atoms in total. The van der Waals surface area contributed by atoms with Gasteiger partial charge in [0.25, 0.3) is 0 Å². The standard InChI is InChI=1S/C20H30N2O/c1-16(18-9-5-11-21-15-18)13-20(23)22-12-6-10-19(22)14-17-7-3-2-4-8-17/h2-4,7-8,16,18-19,21H,5-6,9-15H2,1H3. The Morgan fingerprint density at radius 2 is 2.09 bits per heavy atom. The van der Waals surface area contributed by atoms with Crippen LogP contribution in [-0.4, -0.2) is 36.5 Å². The summed E-state index contributed by atoms with van der Waals surface area (Å²) in [5.41, 5.74) is 1.35. The molecule has 2 saturated heterocycles. The predicted octanol–water partition coefficient (Wildman–Crippen LogP) is 3.25. The third kappa shape index (κ3) is 4.35. The molecule has 1 amide bonds. The van der Waals surface area contributed by atoms with Crippen molar-refractivity contribution in [2.45, 2.75) is 51.5 Å². The first-order valence-electron chi connectivity index (χ1n) is 9.28. The molecule has 2 fully saturated rings. The maximum absolute atomic E-state index is 12.8. The van der Waals surface area contributed by atoms with E-state index in [1.54, 1.807) is 0 Å². The van der Waals surface area contributed by atoms with Gasteiger partial charge in [0.05, 0.1) is 0 Å². The maximum atomic E-state index is 12.8. The molecule has 0 radical (unpaired) electrons. The van der Waals surface area contributed by atoms with E-state index in [1.807, 2.05) is 0 Å². The van der Waals surface area contributed by atoms with Gasteiger partial charge in [-0.1, -0.05) is 37.3 Å². The van der Waals surface area contributed by atoms with Crippen molar-refractivity contribution in [2.75, 3.05) is 19.6 Å². The lowest BCUT2D eigenvalue weighted by Gasteiger charge is -2.31. The third-order valence-electron chi connectivity index (χ3n) is 5.65. The van der Waals surface area contributed by atoms with E-state index in [2.05, 4.69) is 47.5 Å². The van der Waals surface area contributed by atoms with Crippen molar-refractivity contribution in [1.82, 2.24) is 10.2 Å². The summed E-state index contributed by atoms with van der Waals surface area (Å²) in [5.74, 6) is 1.54. The molecule has 0 aliphatic carbocycles. The highest BCUT2D eigenvalue weighted by molar-refractivity contribution is 5.77. The SMILES string of the molecule is CC(CC(=O)N1CCCC1Cc1ccccc1)C1CCCNC1. The Morgan fingerprint density at radius 3 is 2.83 bits per heavy atom. The highest BCUT2D eigenvalue weighted by Gasteiger charge is 2.31. The Labute approximate surface area is 140 Å². The summed E-state index contributed by atoms with van der Waals surface area (Å²) in [6.07, 6.45) is 6.56. The number of amides is 1. The van der Waals surface area contributed by atoms with Gasteiger partial charge < -0.3 is 10.2 Å². The molecule has 2 aliphatic rings. The zero-order valence-electron chi connectivity index (χ0n) is 14.3. The predicted molar refractivity (Wildman–Crippen MR) is 94.3 cm³/mol. The Bertz CT molecular complexity index is 496. The number of nitrogens with one attached hydrogen (secondary N) is 1. The summed E-state index contributed by atoms with van der Waals surface area (Å²) >= 11 is 0. The molecule has 126 valence electrons. The van der Waals surface area contributed by atoms with E-state index in [0.717, 1.165) is 45.3 Å². The second-order valence-electron chi connectivity index (χ2n) is 7.36. The van der Waals surface area contributed by atoms with Crippen LogP contribution in [0.3, 0.4) is 0 Å². The monoisotopic (exact) mass is 314 g/mol. The zero-order chi connectivity index (χ0) is 16.1. The van der Waals surface area contributed by atoms with Crippen molar-refractivity contribution in [3.63, 3.8) is 0 Å². The molecular weight excluding hydrogens is 284 g/mol. The highest BCUT2D eigenvalue weighted by atomic mass is 16.2. The van der Waals surface area contributed by atoms with Gasteiger partial charge in [0.1, 0.15) is 0 Å². The first-order chi connectivity index (χ1) is 11.2. The zero-order valence-corrected chi connectivity index (χ0v) is 14.3. The Balaban J connectivity index is 1.55. The third-order valence-corrected chi connectivity index (χ3v) is 5.65. The average molecular weight is 314 g/mol. The van der Waals surface area contributed by atoms with Crippen LogP contribution in [-0.2, 0) is 11.2 Å². The number of nitrogens with zero attached hydrogens (tertiary/aromatic N) is 1. The smallest absolute Gasteiger partial charge is 0.223 e. The minimum atomic E-state index is 0.376. The van der Waals surface area contributed by atoms with Gasteiger partial charge in [-0.05, 0) is 62.6 Å². The molecular formula is C20H30N2O. The van der Waals surface area contributed by atoms with Gasteiger partial charge in [-0.3, -0.25) is 4.79 Å². The second-order valence-corrected chi connectivity index (χ2v) is 7.36. The van der Waals surface area contributed by atoms with Gasteiger partial charge in [-0.15, -0.1) is 0 Å². The van der Waals surface area contributed by atoms with Gasteiger partial charge in [0.2, 0.25) is 5.91 Å². The van der Waals surface area contributed by atoms with E-state index in [1.165, 1.54) is 18.4 Å². The van der Waals surface area contributed by atoms with Gasteiger partial charge in [0, 0.05) is 19.0 Å². The number of piperidine rings is 1. The summed E-state index contributed by atoms with van der Waals surface area (Å²) in [4.78, 5) is 15.0. The van der Waals surface area contributed by atoms with Crippen LogP contribution in [0.1, 0.15) is 44.6 Å². The van der Waals surface area contributed by atoms with Gasteiger partial charge in [0.15, 0.2) is 0 Å². The fraction of sp³-hybridized carbons (Fsp3) is 0.650. The Morgan fingerprint density at radius 1 is 1.26 bits per heavy atom. The second kappa shape index (κ2) is 7.96. The van der Waals surface area contributed by atoms with Crippen molar-refractivity contribution in [2.24, 2.45) is 11.8 Å². The Hall–Kier alpha value is -1.35. The molecule has 0 aromatic heterocycles. The Kier molecular flexibility index (Phi) is 5.71. The topological polar surface area (TPSA) is 32.3 Å². The molecule has 3 atom stereocenters. The number of benzene rings is 1.